The summed E-state index contributed by atoms with van der Waals surface area (Å²) in [7, 11) is 0. The monoisotopic (exact) mass is 355 g/mol. The molecule has 2 rings (SSSR count). The number of amides is 1. The standard InChI is InChI=1S/C21H25NO4/c1-15-9-10-19(16(2)11-15)25-14-21(24)26-13-20(23)22-12-17(3)18-7-5-4-6-8-18/h4-11,17H,12-14H2,1-3H3,(H,22,23)/t17-/m0/s1. The highest BCUT2D eigenvalue weighted by molar-refractivity contribution is 5.80. The van der Waals surface area contributed by atoms with Gasteiger partial charge < -0.3 is 14.8 Å². The van der Waals surface area contributed by atoms with Crippen molar-refractivity contribution in [2.75, 3.05) is 19.8 Å². The number of carbonyl (C=O) groups is 2. The number of rotatable bonds is 8. The van der Waals surface area contributed by atoms with Gasteiger partial charge in [-0.15, -0.1) is 0 Å². The van der Waals surface area contributed by atoms with Crippen LogP contribution in [0.1, 0.15) is 29.5 Å². The van der Waals surface area contributed by atoms with Crippen molar-refractivity contribution < 1.29 is 19.1 Å². The molecule has 0 spiro atoms. The average molecular weight is 355 g/mol. The molecule has 0 radical (unpaired) electrons. The van der Waals surface area contributed by atoms with E-state index >= 15 is 0 Å². The molecule has 138 valence electrons. The third-order valence-electron chi connectivity index (χ3n) is 4.01. The van der Waals surface area contributed by atoms with Gasteiger partial charge in [0.2, 0.25) is 0 Å². The minimum atomic E-state index is -0.573. The third kappa shape index (κ3) is 6.24. The van der Waals surface area contributed by atoms with Crippen LogP contribution in [0.3, 0.4) is 0 Å². The van der Waals surface area contributed by atoms with E-state index in [1.54, 1.807) is 0 Å². The number of benzene rings is 2. The van der Waals surface area contributed by atoms with Crippen molar-refractivity contribution in [1.82, 2.24) is 5.32 Å². The first-order valence-electron chi connectivity index (χ1n) is 8.63. The molecule has 1 N–H and O–H groups in total. The quantitative estimate of drug-likeness (QED) is 0.739. The summed E-state index contributed by atoms with van der Waals surface area (Å²) in [5, 5.41) is 2.77. The smallest absolute Gasteiger partial charge is 0.344 e. The van der Waals surface area contributed by atoms with Gasteiger partial charge in [-0.3, -0.25) is 4.79 Å². The molecule has 0 heterocycles. The summed E-state index contributed by atoms with van der Waals surface area (Å²) in [6.45, 7) is 5.88. The average Bonchev–Trinajstić information content (AvgIpc) is 2.64. The van der Waals surface area contributed by atoms with Crippen LogP contribution in [0.4, 0.5) is 0 Å². The molecule has 0 bridgehead atoms. The van der Waals surface area contributed by atoms with E-state index in [4.69, 9.17) is 9.47 Å². The Morgan fingerprint density at radius 3 is 2.46 bits per heavy atom. The molecule has 2 aromatic carbocycles. The Kier molecular flexibility index (Phi) is 7.21. The summed E-state index contributed by atoms with van der Waals surface area (Å²) in [5.74, 6) is -0.0822. The lowest BCUT2D eigenvalue weighted by Gasteiger charge is -2.13. The van der Waals surface area contributed by atoms with Crippen molar-refractivity contribution in [2.24, 2.45) is 0 Å². The Labute approximate surface area is 154 Å². The Balaban J connectivity index is 1.67. The summed E-state index contributed by atoms with van der Waals surface area (Å²) >= 11 is 0. The van der Waals surface area contributed by atoms with Crippen molar-refractivity contribution in [2.45, 2.75) is 26.7 Å². The zero-order valence-electron chi connectivity index (χ0n) is 15.5. The van der Waals surface area contributed by atoms with Crippen LogP contribution >= 0.6 is 0 Å². The molecule has 0 saturated carbocycles. The Morgan fingerprint density at radius 1 is 1.04 bits per heavy atom. The Hall–Kier alpha value is -2.82. The largest absolute Gasteiger partial charge is 0.482 e. The minimum Gasteiger partial charge on any atom is -0.482 e. The van der Waals surface area contributed by atoms with E-state index in [0.29, 0.717) is 12.3 Å². The van der Waals surface area contributed by atoms with Crippen molar-refractivity contribution >= 4 is 11.9 Å². The second-order valence-corrected chi connectivity index (χ2v) is 6.33. The van der Waals surface area contributed by atoms with Crippen molar-refractivity contribution in [3.63, 3.8) is 0 Å². The van der Waals surface area contributed by atoms with Crippen LogP contribution in [-0.2, 0) is 14.3 Å². The minimum absolute atomic E-state index is 0.184. The molecule has 1 amide bonds. The fourth-order valence-corrected chi connectivity index (χ4v) is 2.50. The maximum absolute atomic E-state index is 11.8. The van der Waals surface area contributed by atoms with Crippen LogP contribution < -0.4 is 10.1 Å². The summed E-state index contributed by atoms with van der Waals surface area (Å²) < 4.78 is 10.4. The van der Waals surface area contributed by atoms with Crippen LogP contribution in [0, 0.1) is 13.8 Å². The van der Waals surface area contributed by atoms with E-state index < -0.39 is 5.97 Å². The number of carbonyl (C=O) groups excluding carboxylic acids is 2. The molecule has 0 aliphatic heterocycles. The van der Waals surface area contributed by atoms with E-state index in [1.165, 1.54) is 0 Å². The fraction of sp³-hybridized carbons (Fsp3) is 0.333. The highest BCUT2D eigenvalue weighted by Gasteiger charge is 2.11. The summed E-state index contributed by atoms with van der Waals surface area (Å²) in [6.07, 6.45) is 0. The van der Waals surface area contributed by atoms with Gasteiger partial charge in [0.05, 0.1) is 0 Å². The van der Waals surface area contributed by atoms with Gasteiger partial charge in [0, 0.05) is 6.54 Å². The van der Waals surface area contributed by atoms with Gasteiger partial charge in [0.15, 0.2) is 13.2 Å². The predicted molar refractivity (Wildman–Crippen MR) is 100 cm³/mol. The van der Waals surface area contributed by atoms with Gasteiger partial charge >= 0.3 is 5.97 Å². The Morgan fingerprint density at radius 2 is 1.77 bits per heavy atom. The molecule has 0 aliphatic carbocycles. The van der Waals surface area contributed by atoms with Crippen LogP contribution in [-0.4, -0.2) is 31.6 Å². The van der Waals surface area contributed by atoms with Crippen molar-refractivity contribution in [1.29, 1.82) is 0 Å². The molecule has 0 unspecified atom stereocenters. The number of esters is 1. The lowest BCUT2D eigenvalue weighted by Crippen LogP contribution is -2.32. The van der Waals surface area contributed by atoms with E-state index in [-0.39, 0.29) is 25.0 Å². The van der Waals surface area contributed by atoms with Crippen molar-refractivity contribution in [3.05, 3.63) is 65.2 Å². The number of hydrogen-bond donors (Lipinski definition) is 1. The maximum Gasteiger partial charge on any atom is 0.344 e. The van der Waals surface area contributed by atoms with Gasteiger partial charge in [-0.25, -0.2) is 4.79 Å². The van der Waals surface area contributed by atoms with Crippen molar-refractivity contribution in [3.8, 4) is 5.75 Å². The van der Waals surface area contributed by atoms with E-state index in [0.717, 1.165) is 16.7 Å². The summed E-state index contributed by atoms with van der Waals surface area (Å²) in [4.78, 5) is 23.6. The predicted octanol–water partition coefficient (Wildman–Crippen LogP) is 3.15. The van der Waals surface area contributed by atoms with E-state index in [2.05, 4.69) is 5.32 Å². The molecular weight excluding hydrogens is 330 g/mol. The second kappa shape index (κ2) is 9.61. The molecule has 2 aromatic rings. The molecule has 0 fully saturated rings. The molecule has 26 heavy (non-hydrogen) atoms. The van der Waals surface area contributed by atoms with Crippen LogP contribution in [0.2, 0.25) is 0 Å². The lowest BCUT2D eigenvalue weighted by atomic mass is 10.0. The van der Waals surface area contributed by atoms with Gasteiger partial charge in [0.25, 0.3) is 5.91 Å². The first-order chi connectivity index (χ1) is 12.5. The molecule has 0 aliphatic rings. The zero-order valence-corrected chi connectivity index (χ0v) is 15.5. The van der Waals surface area contributed by atoms with Gasteiger partial charge in [-0.05, 0) is 37.0 Å². The highest BCUT2D eigenvalue weighted by atomic mass is 16.6. The topological polar surface area (TPSA) is 64.6 Å². The van der Waals surface area contributed by atoms with Crippen LogP contribution in [0.5, 0.6) is 5.75 Å². The highest BCUT2D eigenvalue weighted by Crippen LogP contribution is 2.18. The summed E-state index contributed by atoms with van der Waals surface area (Å²) in [6, 6.07) is 15.6. The van der Waals surface area contributed by atoms with Crippen LogP contribution in [0.25, 0.3) is 0 Å². The number of nitrogens with one attached hydrogen (secondary N) is 1. The summed E-state index contributed by atoms with van der Waals surface area (Å²) in [5.41, 5.74) is 3.22. The fourth-order valence-electron chi connectivity index (χ4n) is 2.50. The molecule has 5 heteroatoms. The van der Waals surface area contributed by atoms with Crippen LogP contribution in [0.15, 0.2) is 48.5 Å². The first kappa shape index (κ1) is 19.5. The van der Waals surface area contributed by atoms with E-state index in [1.807, 2.05) is 69.3 Å². The SMILES string of the molecule is Cc1ccc(OCC(=O)OCC(=O)NC[C@H](C)c2ccccc2)c(C)c1. The number of hydrogen-bond acceptors (Lipinski definition) is 4. The first-order valence-corrected chi connectivity index (χ1v) is 8.63. The maximum atomic E-state index is 11.8. The van der Waals surface area contributed by atoms with Gasteiger partial charge in [0.1, 0.15) is 5.75 Å². The number of ether oxygens (including phenoxy) is 2. The van der Waals surface area contributed by atoms with Gasteiger partial charge in [-0.2, -0.15) is 0 Å². The molecular formula is C21H25NO4. The molecule has 5 nitrogen and oxygen atoms in total. The molecule has 1 atom stereocenters. The zero-order chi connectivity index (χ0) is 18.9. The second-order valence-electron chi connectivity index (χ2n) is 6.33. The van der Waals surface area contributed by atoms with E-state index in [9.17, 15) is 9.59 Å². The normalized spacial score (nSPS) is 11.5. The lowest BCUT2D eigenvalue weighted by molar-refractivity contribution is -0.150. The Bertz CT molecular complexity index is 743. The molecule has 0 aromatic heterocycles. The number of aryl methyl sites for hydroxylation is 2. The molecule has 0 saturated heterocycles. The third-order valence-corrected chi connectivity index (χ3v) is 4.01. The van der Waals surface area contributed by atoms with Gasteiger partial charge in [-0.1, -0.05) is 55.0 Å².